The minimum atomic E-state index is 0.255. The summed E-state index contributed by atoms with van der Waals surface area (Å²) in [5, 5.41) is 0. The summed E-state index contributed by atoms with van der Waals surface area (Å²) in [4.78, 5) is 0. The van der Waals surface area contributed by atoms with E-state index < -0.39 is 0 Å². The van der Waals surface area contributed by atoms with Crippen molar-refractivity contribution in [2.45, 2.75) is 13.0 Å². The lowest BCUT2D eigenvalue weighted by Crippen LogP contribution is -2.35. The maximum absolute atomic E-state index is 5.03. The molecule has 1 unspecified atom stereocenters. The first-order chi connectivity index (χ1) is 3.31. The average molecular weight is 104 g/mol. The molecule has 0 aromatic carbocycles. The van der Waals surface area contributed by atoms with Crippen molar-refractivity contribution >= 4 is 0 Å². The topological polar surface area (TPSA) is 47.3 Å². The van der Waals surface area contributed by atoms with E-state index in [9.17, 15) is 0 Å². The monoisotopic (exact) mass is 104 g/mol. The van der Waals surface area contributed by atoms with Gasteiger partial charge in [-0.1, -0.05) is 0 Å². The van der Waals surface area contributed by atoms with E-state index in [1.165, 1.54) is 0 Å². The minimum absolute atomic E-state index is 0.255. The molecule has 0 fully saturated rings. The average Bonchev–Trinajstić information content (AvgIpc) is 1.68. The van der Waals surface area contributed by atoms with Crippen molar-refractivity contribution in [2.75, 3.05) is 13.7 Å². The van der Waals surface area contributed by atoms with Crippen LogP contribution in [0.4, 0.5) is 0 Å². The molecule has 3 heteroatoms. The summed E-state index contributed by atoms with van der Waals surface area (Å²) in [6.07, 6.45) is 0. The van der Waals surface area contributed by atoms with Gasteiger partial charge in [-0.25, -0.2) is 0 Å². The molecule has 0 aliphatic carbocycles. The summed E-state index contributed by atoms with van der Waals surface area (Å²) in [5.74, 6) is 5.03. The molecule has 0 aliphatic rings. The Hall–Kier alpha value is -0.120. The Balaban J connectivity index is 2.83. The summed E-state index contributed by atoms with van der Waals surface area (Å²) >= 11 is 0. The van der Waals surface area contributed by atoms with Crippen molar-refractivity contribution in [1.82, 2.24) is 5.43 Å². The van der Waals surface area contributed by atoms with E-state index in [0.29, 0.717) is 6.61 Å². The van der Waals surface area contributed by atoms with Crippen LogP contribution in [0.1, 0.15) is 6.92 Å². The maximum atomic E-state index is 5.03. The van der Waals surface area contributed by atoms with Gasteiger partial charge < -0.3 is 4.74 Å². The molecule has 0 saturated carbocycles. The number of hydrogen-bond donors (Lipinski definition) is 2. The lowest BCUT2D eigenvalue weighted by atomic mass is 10.4. The Labute approximate surface area is 43.8 Å². The van der Waals surface area contributed by atoms with Crippen molar-refractivity contribution in [3.63, 3.8) is 0 Å². The molecule has 0 aromatic heterocycles. The van der Waals surface area contributed by atoms with E-state index in [-0.39, 0.29) is 6.04 Å². The van der Waals surface area contributed by atoms with Crippen LogP contribution in [0.2, 0.25) is 0 Å². The number of nitrogens with two attached hydrogens (primary N) is 1. The van der Waals surface area contributed by atoms with Crippen LogP contribution in [0.5, 0.6) is 0 Å². The molecule has 0 spiro atoms. The highest BCUT2D eigenvalue weighted by atomic mass is 16.5. The summed E-state index contributed by atoms with van der Waals surface area (Å²) < 4.78 is 4.75. The Morgan fingerprint density at radius 3 is 2.57 bits per heavy atom. The first-order valence-electron chi connectivity index (χ1n) is 2.26. The van der Waals surface area contributed by atoms with Gasteiger partial charge in [-0.05, 0) is 6.92 Å². The van der Waals surface area contributed by atoms with E-state index >= 15 is 0 Å². The predicted molar refractivity (Wildman–Crippen MR) is 28.7 cm³/mol. The van der Waals surface area contributed by atoms with Gasteiger partial charge in [0, 0.05) is 13.2 Å². The molecule has 0 aliphatic heterocycles. The van der Waals surface area contributed by atoms with Crippen molar-refractivity contribution in [1.29, 1.82) is 0 Å². The van der Waals surface area contributed by atoms with E-state index in [1.807, 2.05) is 6.92 Å². The Bertz CT molecular complexity index is 40.7. The lowest BCUT2D eigenvalue weighted by molar-refractivity contribution is 0.172. The van der Waals surface area contributed by atoms with Gasteiger partial charge in [0.15, 0.2) is 0 Å². The summed E-state index contributed by atoms with van der Waals surface area (Å²) in [5.41, 5.74) is 2.54. The number of rotatable bonds is 3. The van der Waals surface area contributed by atoms with Gasteiger partial charge in [0.25, 0.3) is 0 Å². The maximum Gasteiger partial charge on any atom is 0.0626 e. The van der Waals surface area contributed by atoms with E-state index in [2.05, 4.69) is 5.43 Å². The summed E-state index contributed by atoms with van der Waals surface area (Å²) in [6.45, 7) is 2.61. The lowest BCUT2D eigenvalue weighted by Gasteiger charge is -2.05. The molecule has 44 valence electrons. The van der Waals surface area contributed by atoms with Crippen LogP contribution < -0.4 is 11.3 Å². The third kappa shape index (κ3) is 3.72. The van der Waals surface area contributed by atoms with Gasteiger partial charge in [0.1, 0.15) is 0 Å². The molecule has 0 bridgehead atoms. The van der Waals surface area contributed by atoms with Gasteiger partial charge >= 0.3 is 0 Å². The smallest absolute Gasteiger partial charge is 0.0626 e. The SMILES string of the molecule is COCC(C)NN. The van der Waals surface area contributed by atoms with Crippen LogP contribution in [0.15, 0.2) is 0 Å². The van der Waals surface area contributed by atoms with E-state index in [4.69, 9.17) is 10.6 Å². The standard InChI is InChI=1S/C4H12N2O/c1-4(6-5)3-7-2/h4,6H,3,5H2,1-2H3. The third-order valence-corrected chi connectivity index (χ3v) is 0.701. The zero-order chi connectivity index (χ0) is 5.70. The first kappa shape index (κ1) is 6.88. The van der Waals surface area contributed by atoms with Gasteiger partial charge in [0.2, 0.25) is 0 Å². The highest BCUT2D eigenvalue weighted by molar-refractivity contribution is 4.49. The number of ether oxygens (including phenoxy) is 1. The first-order valence-corrected chi connectivity index (χ1v) is 2.26. The van der Waals surface area contributed by atoms with Crippen LogP contribution in [0.3, 0.4) is 0 Å². The molecule has 0 amide bonds. The Kier molecular flexibility index (Phi) is 3.98. The molecule has 0 rings (SSSR count). The van der Waals surface area contributed by atoms with Crippen molar-refractivity contribution < 1.29 is 4.74 Å². The highest BCUT2D eigenvalue weighted by Gasteiger charge is 1.92. The van der Waals surface area contributed by atoms with Gasteiger partial charge in [0.05, 0.1) is 6.61 Å². The predicted octanol–water partition coefficient (Wildman–Crippen LogP) is -0.515. The van der Waals surface area contributed by atoms with Crippen LogP contribution in [0.25, 0.3) is 0 Å². The Morgan fingerprint density at radius 1 is 1.86 bits per heavy atom. The van der Waals surface area contributed by atoms with Crippen LogP contribution in [-0.4, -0.2) is 19.8 Å². The molecule has 0 saturated heterocycles. The molecule has 3 nitrogen and oxygen atoms in total. The molecule has 0 radical (unpaired) electrons. The fourth-order valence-electron chi connectivity index (χ4n) is 0.298. The van der Waals surface area contributed by atoms with Crippen LogP contribution >= 0.6 is 0 Å². The molecular weight excluding hydrogens is 92.1 g/mol. The molecule has 0 heterocycles. The number of hydrazine groups is 1. The van der Waals surface area contributed by atoms with Crippen molar-refractivity contribution in [2.24, 2.45) is 5.84 Å². The second-order valence-electron chi connectivity index (χ2n) is 1.52. The van der Waals surface area contributed by atoms with Crippen molar-refractivity contribution in [3.05, 3.63) is 0 Å². The summed E-state index contributed by atoms with van der Waals surface area (Å²) in [7, 11) is 1.65. The largest absolute Gasteiger partial charge is 0.383 e. The number of methoxy groups -OCH3 is 1. The Morgan fingerprint density at radius 2 is 2.43 bits per heavy atom. The van der Waals surface area contributed by atoms with Gasteiger partial charge in [-0.15, -0.1) is 0 Å². The molecular formula is C4H12N2O. The quantitative estimate of drug-likeness (QED) is 0.374. The third-order valence-electron chi connectivity index (χ3n) is 0.701. The molecule has 0 aromatic rings. The normalized spacial score (nSPS) is 14.1. The van der Waals surface area contributed by atoms with Gasteiger partial charge in [-0.2, -0.15) is 0 Å². The number of nitrogens with one attached hydrogen (secondary N) is 1. The van der Waals surface area contributed by atoms with Crippen LogP contribution in [0, 0.1) is 0 Å². The molecule has 7 heavy (non-hydrogen) atoms. The number of hydrogen-bond acceptors (Lipinski definition) is 3. The van der Waals surface area contributed by atoms with Crippen molar-refractivity contribution in [3.8, 4) is 0 Å². The fraction of sp³-hybridized carbons (Fsp3) is 1.00. The van der Waals surface area contributed by atoms with E-state index in [1.54, 1.807) is 7.11 Å². The van der Waals surface area contributed by atoms with Gasteiger partial charge in [-0.3, -0.25) is 11.3 Å². The second-order valence-corrected chi connectivity index (χ2v) is 1.52. The fourth-order valence-corrected chi connectivity index (χ4v) is 0.298. The zero-order valence-electron chi connectivity index (χ0n) is 4.77. The molecule has 1 atom stereocenters. The van der Waals surface area contributed by atoms with Crippen LogP contribution in [-0.2, 0) is 4.74 Å². The van der Waals surface area contributed by atoms with E-state index in [0.717, 1.165) is 0 Å². The minimum Gasteiger partial charge on any atom is -0.383 e. The molecule has 3 N–H and O–H groups in total. The summed E-state index contributed by atoms with van der Waals surface area (Å²) in [6, 6.07) is 0.255. The second kappa shape index (κ2) is 4.05. The zero-order valence-corrected chi connectivity index (χ0v) is 4.77. The highest BCUT2D eigenvalue weighted by Crippen LogP contribution is 1.75.